The van der Waals surface area contributed by atoms with Crippen molar-refractivity contribution in [1.82, 2.24) is 19.6 Å². The fraction of sp³-hybridized carbons (Fsp3) is 0.471. The zero-order valence-electron chi connectivity index (χ0n) is 12.9. The summed E-state index contributed by atoms with van der Waals surface area (Å²) in [5.74, 6) is -0.0672. The van der Waals surface area contributed by atoms with Crippen molar-refractivity contribution in [3.8, 4) is 0 Å². The number of amides is 2. The predicted octanol–water partition coefficient (Wildman–Crippen LogP) is 1.00. The molecule has 2 aromatic rings. The number of imidazole rings is 1. The van der Waals surface area contributed by atoms with Gasteiger partial charge in [0.1, 0.15) is 5.65 Å². The summed E-state index contributed by atoms with van der Waals surface area (Å²) in [6.45, 7) is 1.14. The quantitative estimate of drug-likeness (QED) is 0.896. The van der Waals surface area contributed by atoms with Crippen molar-refractivity contribution >= 4 is 17.5 Å². The predicted molar refractivity (Wildman–Crippen MR) is 84.7 cm³/mol. The zero-order valence-corrected chi connectivity index (χ0v) is 12.9. The lowest BCUT2D eigenvalue weighted by Crippen LogP contribution is -2.34. The number of pyridine rings is 1. The first-order valence-electron chi connectivity index (χ1n) is 8.20. The van der Waals surface area contributed by atoms with Gasteiger partial charge < -0.3 is 14.6 Å². The van der Waals surface area contributed by atoms with E-state index < -0.39 is 0 Å². The van der Waals surface area contributed by atoms with Gasteiger partial charge in [0.05, 0.1) is 11.6 Å². The minimum Gasteiger partial charge on any atom is -0.355 e. The summed E-state index contributed by atoms with van der Waals surface area (Å²) >= 11 is 0. The first kappa shape index (κ1) is 14.2. The van der Waals surface area contributed by atoms with Crippen molar-refractivity contribution in [1.29, 1.82) is 0 Å². The van der Waals surface area contributed by atoms with Crippen LogP contribution in [-0.4, -0.2) is 45.2 Å². The lowest BCUT2D eigenvalue weighted by Gasteiger charge is -2.15. The molecule has 1 atom stereocenters. The molecule has 2 aliphatic rings. The summed E-state index contributed by atoms with van der Waals surface area (Å²) in [7, 11) is 0. The Labute approximate surface area is 134 Å². The molecule has 3 heterocycles. The van der Waals surface area contributed by atoms with Gasteiger partial charge in [0, 0.05) is 44.4 Å². The lowest BCUT2D eigenvalue weighted by atomic mass is 10.1. The van der Waals surface area contributed by atoms with E-state index in [1.165, 1.54) is 0 Å². The number of rotatable bonds is 5. The van der Waals surface area contributed by atoms with Crippen LogP contribution >= 0.6 is 0 Å². The number of nitrogens with zero attached hydrogens (tertiary/aromatic N) is 3. The molecule has 23 heavy (non-hydrogen) atoms. The van der Waals surface area contributed by atoms with Crippen LogP contribution in [0.5, 0.6) is 0 Å². The maximum absolute atomic E-state index is 12.2. The first-order chi connectivity index (χ1) is 11.2. The maximum atomic E-state index is 12.2. The molecule has 1 aliphatic carbocycles. The van der Waals surface area contributed by atoms with E-state index >= 15 is 0 Å². The SMILES string of the molecule is O=C(NCCc1cn2ccccc2n1)[C@@H]1CC(=O)N(C2CC2)C1. The van der Waals surface area contributed by atoms with E-state index in [1.54, 1.807) is 0 Å². The van der Waals surface area contributed by atoms with Crippen LogP contribution in [0.2, 0.25) is 0 Å². The summed E-state index contributed by atoms with van der Waals surface area (Å²) in [5, 5.41) is 2.95. The zero-order chi connectivity index (χ0) is 15.8. The van der Waals surface area contributed by atoms with E-state index in [1.807, 2.05) is 39.9 Å². The van der Waals surface area contributed by atoms with Crippen molar-refractivity contribution in [2.75, 3.05) is 13.1 Å². The van der Waals surface area contributed by atoms with E-state index in [-0.39, 0.29) is 17.7 Å². The van der Waals surface area contributed by atoms with Crippen LogP contribution < -0.4 is 5.32 Å². The van der Waals surface area contributed by atoms with Crippen molar-refractivity contribution in [3.63, 3.8) is 0 Å². The van der Waals surface area contributed by atoms with Crippen LogP contribution in [0.1, 0.15) is 25.0 Å². The molecule has 0 aromatic carbocycles. The van der Waals surface area contributed by atoms with Gasteiger partial charge >= 0.3 is 0 Å². The molecule has 120 valence electrons. The molecule has 0 unspecified atom stereocenters. The van der Waals surface area contributed by atoms with Crippen molar-refractivity contribution in [2.45, 2.75) is 31.7 Å². The number of hydrogen-bond acceptors (Lipinski definition) is 3. The average molecular weight is 312 g/mol. The average Bonchev–Trinajstić information content (AvgIpc) is 3.18. The molecule has 0 radical (unpaired) electrons. The number of nitrogens with one attached hydrogen (secondary N) is 1. The molecule has 6 nitrogen and oxygen atoms in total. The first-order valence-corrected chi connectivity index (χ1v) is 8.20. The highest BCUT2D eigenvalue weighted by Gasteiger charge is 2.41. The molecular weight excluding hydrogens is 292 g/mol. The summed E-state index contributed by atoms with van der Waals surface area (Å²) < 4.78 is 1.97. The van der Waals surface area contributed by atoms with Gasteiger partial charge in [0.2, 0.25) is 11.8 Å². The van der Waals surface area contributed by atoms with Gasteiger partial charge in [-0.2, -0.15) is 0 Å². The standard InChI is InChI=1S/C17H20N4O2/c22-16-9-12(10-21(16)14-4-5-14)17(23)18-7-6-13-11-20-8-2-1-3-15(20)19-13/h1-3,8,11-12,14H,4-7,9-10H2,(H,18,23)/t12-/m1/s1. The van der Waals surface area contributed by atoms with E-state index in [9.17, 15) is 9.59 Å². The van der Waals surface area contributed by atoms with Gasteiger partial charge in [0.15, 0.2) is 0 Å². The largest absolute Gasteiger partial charge is 0.355 e. The normalized spacial score (nSPS) is 21.1. The van der Waals surface area contributed by atoms with Crippen LogP contribution in [0, 0.1) is 5.92 Å². The number of fused-ring (bicyclic) bond motifs is 1. The Morgan fingerprint density at radius 3 is 3.00 bits per heavy atom. The summed E-state index contributed by atoms with van der Waals surface area (Å²) in [5.41, 5.74) is 1.87. The molecule has 2 amide bonds. The molecule has 2 fully saturated rings. The molecule has 0 bridgehead atoms. The minimum atomic E-state index is -0.191. The van der Waals surface area contributed by atoms with Crippen LogP contribution in [-0.2, 0) is 16.0 Å². The van der Waals surface area contributed by atoms with Gasteiger partial charge in [-0.3, -0.25) is 9.59 Å². The van der Waals surface area contributed by atoms with Crippen LogP contribution in [0.3, 0.4) is 0 Å². The molecule has 1 saturated heterocycles. The molecule has 4 rings (SSSR count). The Hall–Kier alpha value is -2.37. The van der Waals surface area contributed by atoms with Gasteiger partial charge in [-0.05, 0) is 25.0 Å². The second-order valence-corrected chi connectivity index (χ2v) is 6.42. The van der Waals surface area contributed by atoms with E-state index in [0.29, 0.717) is 32.0 Å². The minimum absolute atomic E-state index is 0.00901. The summed E-state index contributed by atoms with van der Waals surface area (Å²) in [6, 6.07) is 6.27. The summed E-state index contributed by atoms with van der Waals surface area (Å²) in [6.07, 6.45) is 7.18. The highest BCUT2D eigenvalue weighted by atomic mass is 16.2. The number of likely N-dealkylation sites (tertiary alicyclic amines) is 1. The molecule has 1 N–H and O–H groups in total. The van der Waals surface area contributed by atoms with Crippen LogP contribution in [0.15, 0.2) is 30.6 Å². The summed E-state index contributed by atoms with van der Waals surface area (Å²) in [4.78, 5) is 30.5. The molecule has 6 heteroatoms. The van der Waals surface area contributed by atoms with Gasteiger partial charge in [-0.25, -0.2) is 4.98 Å². The molecule has 0 spiro atoms. The Kier molecular flexibility index (Phi) is 3.52. The van der Waals surface area contributed by atoms with Gasteiger partial charge in [-0.1, -0.05) is 6.07 Å². The third kappa shape index (κ3) is 2.93. The van der Waals surface area contributed by atoms with Crippen molar-refractivity contribution < 1.29 is 9.59 Å². The van der Waals surface area contributed by atoms with Crippen molar-refractivity contribution in [3.05, 3.63) is 36.3 Å². The number of carbonyl (C=O) groups is 2. The third-order valence-corrected chi connectivity index (χ3v) is 4.61. The van der Waals surface area contributed by atoms with E-state index in [4.69, 9.17) is 0 Å². The lowest BCUT2D eigenvalue weighted by molar-refractivity contribution is -0.129. The molecule has 1 saturated carbocycles. The Morgan fingerprint density at radius 1 is 1.35 bits per heavy atom. The van der Waals surface area contributed by atoms with Crippen LogP contribution in [0.4, 0.5) is 0 Å². The Bertz CT molecular complexity index is 717. The maximum Gasteiger partial charge on any atom is 0.225 e. The van der Waals surface area contributed by atoms with Crippen molar-refractivity contribution in [2.24, 2.45) is 5.92 Å². The van der Waals surface area contributed by atoms with Crippen LogP contribution in [0.25, 0.3) is 5.65 Å². The monoisotopic (exact) mass is 312 g/mol. The number of hydrogen-bond donors (Lipinski definition) is 1. The topological polar surface area (TPSA) is 66.7 Å². The number of aromatic nitrogens is 2. The molecular formula is C17H20N4O2. The molecule has 2 aromatic heterocycles. The second-order valence-electron chi connectivity index (χ2n) is 6.42. The smallest absolute Gasteiger partial charge is 0.225 e. The fourth-order valence-electron chi connectivity index (χ4n) is 3.21. The van der Waals surface area contributed by atoms with E-state index in [2.05, 4.69) is 10.3 Å². The highest BCUT2D eigenvalue weighted by molar-refractivity contribution is 5.89. The molecule has 1 aliphatic heterocycles. The van der Waals surface area contributed by atoms with Gasteiger partial charge in [-0.15, -0.1) is 0 Å². The van der Waals surface area contributed by atoms with Gasteiger partial charge in [0.25, 0.3) is 0 Å². The second kappa shape index (κ2) is 5.68. The van der Waals surface area contributed by atoms with E-state index in [0.717, 1.165) is 24.2 Å². The third-order valence-electron chi connectivity index (χ3n) is 4.61. The Morgan fingerprint density at radius 2 is 2.22 bits per heavy atom. The Balaban J connectivity index is 1.29. The highest BCUT2D eigenvalue weighted by Crippen LogP contribution is 2.32. The number of carbonyl (C=O) groups excluding carboxylic acids is 2. The fourth-order valence-corrected chi connectivity index (χ4v) is 3.21.